The molecule has 0 aliphatic heterocycles. The minimum absolute atomic E-state index is 0.165. The molecule has 0 heterocycles. The Labute approximate surface area is 115 Å². The van der Waals surface area contributed by atoms with Gasteiger partial charge < -0.3 is 4.74 Å². The van der Waals surface area contributed by atoms with Crippen molar-refractivity contribution in [3.63, 3.8) is 0 Å². The van der Waals surface area contributed by atoms with E-state index in [4.69, 9.17) is 0 Å². The molecule has 100 valence electrons. The number of carbonyl (C=O) groups is 1. The molecule has 0 atom stereocenters. The van der Waals surface area contributed by atoms with Crippen molar-refractivity contribution in [2.24, 2.45) is 0 Å². The largest absolute Gasteiger partial charge is 0.469 e. The van der Waals surface area contributed by atoms with Gasteiger partial charge in [-0.25, -0.2) is 8.42 Å². The number of hydrogen-bond donors (Lipinski definition) is 1. The fourth-order valence-corrected chi connectivity index (χ4v) is 2.86. The molecule has 0 spiro atoms. The van der Waals surface area contributed by atoms with Gasteiger partial charge >= 0.3 is 5.97 Å². The van der Waals surface area contributed by atoms with Gasteiger partial charge in [-0.1, -0.05) is 15.9 Å². The van der Waals surface area contributed by atoms with Crippen LogP contribution in [-0.4, -0.2) is 27.2 Å². The van der Waals surface area contributed by atoms with E-state index < -0.39 is 16.0 Å². The van der Waals surface area contributed by atoms with Gasteiger partial charge in [-0.05, 0) is 30.7 Å². The molecule has 0 aliphatic carbocycles. The Kier molecular flexibility index (Phi) is 5.15. The molecule has 0 saturated heterocycles. The Morgan fingerprint density at radius 2 is 2.11 bits per heavy atom. The van der Waals surface area contributed by atoms with Crippen LogP contribution in [0.2, 0.25) is 0 Å². The van der Waals surface area contributed by atoms with Crippen LogP contribution in [-0.2, 0) is 19.6 Å². The molecule has 1 N–H and O–H groups in total. The monoisotopic (exact) mass is 335 g/mol. The predicted molar refractivity (Wildman–Crippen MR) is 72.9 cm³/mol. The van der Waals surface area contributed by atoms with Crippen molar-refractivity contribution >= 4 is 37.6 Å². The SMILES string of the molecule is COC(=O)CCS(=O)(=O)Nc1ccc(Br)cc1C. The highest BCUT2D eigenvalue weighted by Crippen LogP contribution is 2.21. The summed E-state index contributed by atoms with van der Waals surface area (Å²) in [5.74, 6) is -0.845. The Morgan fingerprint density at radius 1 is 1.44 bits per heavy atom. The number of sulfonamides is 1. The van der Waals surface area contributed by atoms with E-state index in [1.165, 1.54) is 7.11 Å². The van der Waals surface area contributed by atoms with E-state index in [0.29, 0.717) is 5.69 Å². The van der Waals surface area contributed by atoms with E-state index in [0.717, 1.165) is 10.0 Å². The van der Waals surface area contributed by atoms with E-state index in [2.05, 4.69) is 25.4 Å². The van der Waals surface area contributed by atoms with E-state index >= 15 is 0 Å². The summed E-state index contributed by atoms with van der Waals surface area (Å²) in [6.45, 7) is 1.79. The molecule has 0 radical (unpaired) electrons. The molecule has 0 unspecified atom stereocenters. The van der Waals surface area contributed by atoms with Gasteiger partial charge in [0.05, 0.1) is 25.0 Å². The first-order valence-electron chi connectivity index (χ1n) is 5.17. The van der Waals surface area contributed by atoms with Gasteiger partial charge in [0, 0.05) is 4.47 Å². The Bertz CT molecular complexity index is 542. The number of hydrogen-bond acceptors (Lipinski definition) is 4. The number of benzene rings is 1. The molecule has 0 saturated carbocycles. The molecule has 0 bridgehead atoms. The summed E-state index contributed by atoms with van der Waals surface area (Å²) >= 11 is 3.30. The molecule has 1 aromatic rings. The van der Waals surface area contributed by atoms with Crippen LogP contribution in [0.15, 0.2) is 22.7 Å². The van der Waals surface area contributed by atoms with Gasteiger partial charge in [-0.3, -0.25) is 9.52 Å². The number of esters is 1. The van der Waals surface area contributed by atoms with Crippen molar-refractivity contribution in [2.75, 3.05) is 17.6 Å². The highest BCUT2D eigenvalue weighted by atomic mass is 79.9. The summed E-state index contributed by atoms with van der Waals surface area (Å²) in [5, 5.41) is 0. The highest BCUT2D eigenvalue weighted by molar-refractivity contribution is 9.10. The number of ether oxygens (including phenoxy) is 1. The summed E-state index contributed by atoms with van der Waals surface area (Å²) < 4.78 is 31.2. The molecular weight excluding hydrogens is 322 g/mol. The molecule has 1 rings (SSSR count). The van der Waals surface area contributed by atoms with Crippen molar-refractivity contribution in [1.29, 1.82) is 0 Å². The summed E-state index contributed by atoms with van der Waals surface area (Å²) in [7, 11) is -2.32. The van der Waals surface area contributed by atoms with Crippen LogP contribution < -0.4 is 4.72 Å². The standard InChI is InChI=1S/C11H14BrNO4S/c1-8-7-9(12)3-4-10(8)13-18(15,16)6-5-11(14)17-2/h3-4,7,13H,5-6H2,1-2H3. The number of carbonyl (C=O) groups excluding carboxylic acids is 1. The third-order valence-electron chi connectivity index (χ3n) is 2.26. The zero-order valence-corrected chi connectivity index (χ0v) is 12.5. The lowest BCUT2D eigenvalue weighted by atomic mass is 10.2. The van der Waals surface area contributed by atoms with Crippen LogP contribution in [0.3, 0.4) is 0 Å². The first-order chi connectivity index (χ1) is 8.34. The van der Waals surface area contributed by atoms with Crippen molar-refractivity contribution in [2.45, 2.75) is 13.3 Å². The van der Waals surface area contributed by atoms with Crippen molar-refractivity contribution in [3.8, 4) is 0 Å². The first-order valence-corrected chi connectivity index (χ1v) is 7.62. The quantitative estimate of drug-likeness (QED) is 0.836. The summed E-state index contributed by atoms with van der Waals surface area (Å²) in [5.41, 5.74) is 1.30. The lowest BCUT2D eigenvalue weighted by Gasteiger charge is -2.10. The number of halogens is 1. The normalized spacial score (nSPS) is 11.1. The van der Waals surface area contributed by atoms with Crippen LogP contribution in [0.1, 0.15) is 12.0 Å². The fourth-order valence-electron chi connectivity index (χ4n) is 1.28. The van der Waals surface area contributed by atoms with Gasteiger partial charge in [-0.2, -0.15) is 0 Å². The third-order valence-corrected chi connectivity index (χ3v) is 4.02. The smallest absolute Gasteiger partial charge is 0.306 e. The number of nitrogens with one attached hydrogen (secondary N) is 1. The van der Waals surface area contributed by atoms with Gasteiger partial charge in [0.15, 0.2) is 0 Å². The number of rotatable bonds is 5. The van der Waals surface area contributed by atoms with Gasteiger partial charge in [0.25, 0.3) is 0 Å². The molecule has 5 nitrogen and oxygen atoms in total. The zero-order chi connectivity index (χ0) is 13.8. The molecule has 1 aromatic carbocycles. The third kappa shape index (κ3) is 4.66. The second kappa shape index (κ2) is 6.19. The molecule has 0 aromatic heterocycles. The Balaban J connectivity index is 2.73. The second-order valence-electron chi connectivity index (χ2n) is 3.71. The lowest BCUT2D eigenvalue weighted by Crippen LogP contribution is -2.20. The van der Waals surface area contributed by atoms with Gasteiger partial charge in [-0.15, -0.1) is 0 Å². The average molecular weight is 336 g/mol. The molecule has 0 fully saturated rings. The average Bonchev–Trinajstić information content (AvgIpc) is 2.30. The number of anilines is 1. The topological polar surface area (TPSA) is 72.5 Å². The summed E-state index contributed by atoms with van der Waals surface area (Å²) in [6, 6.07) is 5.21. The van der Waals surface area contributed by atoms with Crippen molar-refractivity contribution < 1.29 is 17.9 Å². The molecule has 0 aliphatic rings. The maximum absolute atomic E-state index is 11.7. The predicted octanol–water partition coefficient (Wildman–Crippen LogP) is 2.06. The van der Waals surface area contributed by atoms with Crippen LogP contribution in [0.25, 0.3) is 0 Å². The number of methoxy groups -OCH3 is 1. The van der Waals surface area contributed by atoms with Crippen molar-refractivity contribution in [1.82, 2.24) is 0 Å². The van der Waals surface area contributed by atoms with Crippen LogP contribution >= 0.6 is 15.9 Å². The molecule has 7 heteroatoms. The van der Waals surface area contributed by atoms with E-state index in [-0.39, 0.29) is 12.2 Å². The highest BCUT2D eigenvalue weighted by Gasteiger charge is 2.14. The number of aryl methyl sites for hydroxylation is 1. The van der Waals surface area contributed by atoms with E-state index in [9.17, 15) is 13.2 Å². The maximum Gasteiger partial charge on any atom is 0.306 e. The van der Waals surface area contributed by atoms with Crippen molar-refractivity contribution in [3.05, 3.63) is 28.2 Å². The maximum atomic E-state index is 11.7. The molecular formula is C11H14BrNO4S. The van der Waals surface area contributed by atoms with E-state index in [1.807, 2.05) is 0 Å². The van der Waals surface area contributed by atoms with Gasteiger partial charge in [0.2, 0.25) is 10.0 Å². The Hall–Kier alpha value is -1.08. The minimum atomic E-state index is -3.54. The van der Waals surface area contributed by atoms with Crippen LogP contribution in [0.4, 0.5) is 5.69 Å². The fraction of sp³-hybridized carbons (Fsp3) is 0.364. The Morgan fingerprint density at radius 3 is 2.67 bits per heavy atom. The second-order valence-corrected chi connectivity index (χ2v) is 6.46. The first kappa shape index (κ1) is 15.0. The van der Waals surface area contributed by atoms with E-state index in [1.54, 1.807) is 25.1 Å². The minimum Gasteiger partial charge on any atom is -0.469 e. The van der Waals surface area contributed by atoms with Crippen LogP contribution in [0, 0.1) is 6.92 Å². The van der Waals surface area contributed by atoms with Crippen LogP contribution in [0.5, 0.6) is 0 Å². The molecule has 18 heavy (non-hydrogen) atoms. The molecule has 0 amide bonds. The lowest BCUT2D eigenvalue weighted by molar-refractivity contribution is -0.140. The summed E-state index contributed by atoms with van der Waals surface area (Å²) in [6.07, 6.45) is -0.165. The summed E-state index contributed by atoms with van der Waals surface area (Å²) in [4.78, 5) is 10.9. The van der Waals surface area contributed by atoms with Gasteiger partial charge in [0.1, 0.15) is 0 Å². The zero-order valence-electron chi connectivity index (χ0n) is 10.1.